The molecule has 2 aromatic carbocycles. The summed E-state index contributed by atoms with van der Waals surface area (Å²) >= 11 is 0. The molecule has 8 nitrogen and oxygen atoms in total. The Morgan fingerprint density at radius 3 is 2.35 bits per heavy atom. The van der Waals surface area contributed by atoms with Crippen LogP contribution in [-0.2, 0) is 27.1 Å². The first-order chi connectivity index (χ1) is 15.1. The second kappa shape index (κ2) is 8.83. The van der Waals surface area contributed by atoms with Crippen LogP contribution in [0.4, 0.5) is 5.95 Å². The van der Waals surface area contributed by atoms with Crippen molar-refractivity contribution in [1.82, 2.24) is 18.7 Å². The summed E-state index contributed by atoms with van der Waals surface area (Å²) in [5.74, 6) is 0.425. The molecular weight excluding hydrogens is 392 g/mol. The number of hydrogen-bond donors (Lipinski definition) is 1. The first-order valence-corrected chi connectivity index (χ1v) is 10.1. The molecule has 4 aromatic rings. The molecule has 0 atom stereocenters. The Hall–Kier alpha value is -3.94. The minimum absolute atomic E-state index is 0.338. The van der Waals surface area contributed by atoms with Gasteiger partial charge in [-0.15, -0.1) is 0 Å². The molecule has 158 valence electrons. The zero-order chi connectivity index (χ0) is 21.8. The lowest BCUT2D eigenvalue weighted by molar-refractivity contribution is 0.651. The lowest BCUT2D eigenvalue weighted by Crippen LogP contribution is -2.37. The molecule has 0 bridgehead atoms. The van der Waals surface area contributed by atoms with E-state index < -0.39 is 5.69 Å². The minimum Gasteiger partial charge on any atom is -0.303 e. The molecule has 0 unspecified atom stereocenters. The van der Waals surface area contributed by atoms with Gasteiger partial charge in [0.2, 0.25) is 5.95 Å². The van der Waals surface area contributed by atoms with Crippen molar-refractivity contribution in [3.8, 4) is 0 Å². The van der Waals surface area contributed by atoms with Gasteiger partial charge >= 0.3 is 5.69 Å². The van der Waals surface area contributed by atoms with E-state index in [1.165, 1.54) is 17.2 Å². The number of fused-ring (bicyclic) bond motifs is 1. The van der Waals surface area contributed by atoms with Crippen molar-refractivity contribution in [2.24, 2.45) is 19.2 Å². The van der Waals surface area contributed by atoms with Crippen LogP contribution < -0.4 is 16.7 Å². The minimum atomic E-state index is -0.411. The Labute approximate surface area is 179 Å². The molecule has 0 saturated carbocycles. The van der Waals surface area contributed by atoms with Gasteiger partial charge in [-0.3, -0.25) is 13.9 Å². The number of hydrogen-bond acceptors (Lipinski definition) is 5. The normalized spacial score (nSPS) is 11.4. The molecule has 4 rings (SSSR count). The van der Waals surface area contributed by atoms with Crippen molar-refractivity contribution < 1.29 is 0 Å². The maximum absolute atomic E-state index is 12.9. The lowest BCUT2D eigenvalue weighted by Gasteiger charge is -2.09. The second-order valence-electron chi connectivity index (χ2n) is 7.33. The molecule has 0 aliphatic rings. The Bertz CT molecular complexity index is 1330. The highest BCUT2D eigenvalue weighted by molar-refractivity contribution is 5.80. The van der Waals surface area contributed by atoms with Crippen molar-refractivity contribution in [2.75, 3.05) is 5.43 Å². The third kappa shape index (κ3) is 4.18. The van der Waals surface area contributed by atoms with E-state index in [1.54, 1.807) is 13.3 Å². The molecule has 0 radical (unpaired) electrons. The number of nitrogens with zero attached hydrogens (tertiary/aromatic N) is 5. The summed E-state index contributed by atoms with van der Waals surface area (Å²) in [4.78, 5) is 29.8. The summed E-state index contributed by atoms with van der Waals surface area (Å²) in [5, 5.41) is 4.28. The number of aromatic nitrogens is 4. The molecule has 31 heavy (non-hydrogen) atoms. The van der Waals surface area contributed by atoms with Crippen LogP contribution in [0.1, 0.15) is 17.5 Å². The third-order valence-electron chi connectivity index (χ3n) is 5.22. The van der Waals surface area contributed by atoms with Crippen LogP contribution >= 0.6 is 0 Å². The van der Waals surface area contributed by atoms with Crippen LogP contribution in [-0.4, -0.2) is 24.9 Å². The molecule has 0 aliphatic carbocycles. The molecule has 0 saturated heterocycles. The standard InChI is InChI=1S/C23H24N6O2/c1-27-20-19(21(30)28(2)23(27)31)29(15-9-14-17-10-5-3-6-11-17)22(25-20)26-24-16-18-12-7-4-8-13-18/h3-8,10-13,16H,9,14-15H2,1-2H3,(H,25,26)/b24-16+. The molecule has 0 amide bonds. The third-order valence-corrected chi connectivity index (χ3v) is 5.22. The maximum atomic E-state index is 12.9. The van der Waals surface area contributed by atoms with Crippen LogP contribution in [0.25, 0.3) is 11.2 Å². The molecule has 2 aromatic heterocycles. The molecule has 1 N–H and O–H groups in total. The Morgan fingerprint density at radius 2 is 1.65 bits per heavy atom. The lowest BCUT2D eigenvalue weighted by atomic mass is 10.1. The van der Waals surface area contributed by atoms with Crippen molar-refractivity contribution in [2.45, 2.75) is 19.4 Å². The van der Waals surface area contributed by atoms with Gasteiger partial charge in [0.05, 0.1) is 6.21 Å². The largest absolute Gasteiger partial charge is 0.332 e. The molecular formula is C23H24N6O2. The van der Waals surface area contributed by atoms with Gasteiger partial charge in [0.25, 0.3) is 5.56 Å². The maximum Gasteiger partial charge on any atom is 0.332 e. The van der Waals surface area contributed by atoms with Gasteiger partial charge in [-0.2, -0.15) is 10.1 Å². The van der Waals surface area contributed by atoms with Crippen molar-refractivity contribution in [3.05, 3.63) is 92.6 Å². The summed E-state index contributed by atoms with van der Waals surface area (Å²) in [6, 6.07) is 19.9. The van der Waals surface area contributed by atoms with E-state index in [4.69, 9.17) is 0 Å². The van der Waals surface area contributed by atoms with Gasteiger partial charge in [-0.1, -0.05) is 60.7 Å². The number of benzene rings is 2. The van der Waals surface area contributed by atoms with E-state index in [-0.39, 0.29) is 5.56 Å². The summed E-state index contributed by atoms with van der Waals surface area (Å²) in [6.07, 6.45) is 3.35. The summed E-state index contributed by atoms with van der Waals surface area (Å²) in [5.41, 5.74) is 5.05. The van der Waals surface area contributed by atoms with Crippen LogP contribution in [0.5, 0.6) is 0 Å². The van der Waals surface area contributed by atoms with Crippen molar-refractivity contribution >= 4 is 23.3 Å². The van der Waals surface area contributed by atoms with Crippen LogP contribution in [0.2, 0.25) is 0 Å². The van der Waals surface area contributed by atoms with Crippen molar-refractivity contribution in [3.63, 3.8) is 0 Å². The van der Waals surface area contributed by atoms with E-state index in [0.29, 0.717) is 23.7 Å². The highest BCUT2D eigenvalue weighted by atomic mass is 16.2. The molecule has 2 heterocycles. The van der Waals surface area contributed by atoms with Gasteiger partial charge in [0.15, 0.2) is 11.2 Å². The first kappa shape index (κ1) is 20.3. The van der Waals surface area contributed by atoms with Gasteiger partial charge in [-0.25, -0.2) is 10.2 Å². The number of anilines is 1. The van der Waals surface area contributed by atoms with Gasteiger partial charge < -0.3 is 4.57 Å². The Morgan fingerprint density at radius 1 is 0.968 bits per heavy atom. The average molecular weight is 416 g/mol. The van der Waals surface area contributed by atoms with E-state index in [1.807, 2.05) is 53.1 Å². The monoisotopic (exact) mass is 416 g/mol. The summed E-state index contributed by atoms with van der Waals surface area (Å²) in [6.45, 7) is 0.558. The van der Waals surface area contributed by atoms with Gasteiger partial charge in [0.1, 0.15) is 0 Å². The van der Waals surface area contributed by atoms with E-state index in [2.05, 4.69) is 27.6 Å². The van der Waals surface area contributed by atoms with Crippen LogP contribution in [0, 0.1) is 0 Å². The highest BCUT2D eigenvalue weighted by Crippen LogP contribution is 2.17. The van der Waals surface area contributed by atoms with E-state index >= 15 is 0 Å². The fourth-order valence-corrected chi connectivity index (χ4v) is 3.54. The number of nitrogens with one attached hydrogen (secondary N) is 1. The Kier molecular flexibility index (Phi) is 5.79. The molecule has 0 spiro atoms. The van der Waals surface area contributed by atoms with Crippen molar-refractivity contribution in [1.29, 1.82) is 0 Å². The number of aryl methyl sites for hydroxylation is 3. The summed E-state index contributed by atoms with van der Waals surface area (Å²) in [7, 11) is 3.09. The number of imidazole rings is 1. The highest BCUT2D eigenvalue weighted by Gasteiger charge is 2.18. The smallest absolute Gasteiger partial charge is 0.303 e. The van der Waals surface area contributed by atoms with Gasteiger partial charge in [-0.05, 0) is 24.0 Å². The van der Waals surface area contributed by atoms with E-state index in [9.17, 15) is 9.59 Å². The molecule has 0 aliphatic heterocycles. The zero-order valence-electron chi connectivity index (χ0n) is 17.5. The average Bonchev–Trinajstić information content (AvgIpc) is 3.16. The van der Waals surface area contributed by atoms with E-state index in [0.717, 1.165) is 23.0 Å². The SMILES string of the molecule is Cn1c(=O)c2c(nc(N/N=C/c3ccccc3)n2CCCc2ccccc2)n(C)c1=O. The predicted molar refractivity (Wildman–Crippen MR) is 123 cm³/mol. The molecule has 0 fully saturated rings. The predicted octanol–water partition coefficient (Wildman–Crippen LogP) is 2.51. The summed E-state index contributed by atoms with van der Waals surface area (Å²) < 4.78 is 4.30. The van der Waals surface area contributed by atoms with Gasteiger partial charge in [0, 0.05) is 20.6 Å². The zero-order valence-corrected chi connectivity index (χ0v) is 17.5. The first-order valence-electron chi connectivity index (χ1n) is 10.1. The fourth-order valence-electron chi connectivity index (χ4n) is 3.54. The Balaban J connectivity index is 1.69. The second-order valence-corrected chi connectivity index (χ2v) is 7.33. The number of rotatable bonds is 7. The van der Waals surface area contributed by atoms with Crippen LogP contribution in [0.15, 0.2) is 75.4 Å². The topological polar surface area (TPSA) is 86.2 Å². The fraction of sp³-hybridized carbons (Fsp3) is 0.217. The molecule has 8 heteroatoms. The quantitative estimate of drug-likeness (QED) is 0.371. The number of hydrazone groups is 1. The van der Waals surface area contributed by atoms with Crippen LogP contribution in [0.3, 0.4) is 0 Å².